The third-order valence-electron chi connectivity index (χ3n) is 3.66. The van der Waals surface area contributed by atoms with E-state index in [0.29, 0.717) is 5.75 Å². The molecule has 1 nitrogen and oxygen atoms in total. The molecule has 0 aromatic heterocycles. The Kier molecular flexibility index (Phi) is 6.85. The molecular weight excluding hydrogens is 220 g/mol. The molecule has 1 aromatic rings. The van der Waals surface area contributed by atoms with Gasteiger partial charge < -0.3 is 5.11 Å². The van der Waals surface area contributed by atoms with E-state index in [9.17, 15) is 5.11 Å². The van der Waals surface area contributed by atoms with Crippen LogP contribution in [0.2, 0.25) is 0 Å². The average Bonchev–Trinajstić information content (AvgIpc) is 2.38. The van der Waals surface area contributed by atoms with Crippen LogP contribution in [0.1, 0.15) is 69.1 Å². The van der Waals surface area contributed by atoms with Crippen molar-refractivity contribution in [3.63, 3.8) is 0 Å². The lowest BCUT2D eigenvalue weighted by Crippen LogP contribution is -1.97. The van der Waals surface area contributed by atoms with E-state index in [1.807, 2.05) is 6.92 Å². The zero-order valence-corrected chi connectivity index (χ0v) is 12.3. The summed E-state index contributed by atoms with van der Waals surface area (Å²) in [6, 6.07) is 4.27. The molecule has 18 heavy (non-hydrogen) atoms. The molecular formula is C17H28O. The Bertz CT molecular complexity index is 355. The highest BCUT2D eigenvalue weighted by atomic mass is 16.3. The van der Waals surface area contributed by atoms with Crippen LogP contribution in [0.25, 0.3) is 0 Å². The molecule has 0 aliphatic rings. The summed E-state index contributed by atoms with van der Waals surface area (Å²) >= 11 is 0. The monoisotopic (exact) mass is 248 g/mol. The van der Waals surface area contributed by atoms with Crippen molar-refractivity contribution < 1.29 is 5.11 Å². The predicted octanol–water partition coefficient (Wildman–Crippen LogP) is 5.17. The van der Waals surface area contributed by atoms with Crippen LogP contribution in [-0.2, 0) is 12.8 Å². The van der Waals surface area contributed by atoms with E-state index in [0.717, 1.165) is 18.4 Å². The normalized spacial score (nSPS) is 10.8. The van der Waals surface area contributed by atoms with Gasteiger partial charge in [-0.2, -0.15) is 0 Å². The molecule has 0 amide bonds. The molecule has 1 heteroatoms. The summed E-state index contributed by atoms with van der Waals surface area (Å²) in [6.45, 7) is 6.43. The molecule has 0 aliphatic heterocycles. The van der Waals surface area contributed by atoms with Crippen molar-refractivity contribution >= 4 is 0 Å². The van der Waals surface area contributed by atoms with Gasteiger partial charge >= 0.3 is 0 Å². The second-order valence-electron chi connectivity index (χ2n) is 5.28. The van der Waals surface area contributed by atoms with Gasteiger partial charge in [-0.05, 0) is 49.3 Å². The van der Waals surface area contributed by atoms with Crippen LogP contribution in [-0.4, -0.2) is 5.11 Å². The molecule has 1 rings (SSSR count). The maximum atomic E-state index is 10.2. The Morgan fingerprint density at radius 3 is 2.28 bits per heavy atom. The fraction of sp³-hybridized carbons (Fsp3) is 0.647. The van der Waals surface area contributed by atoms with Gasteiger partial charge in [-0.1, -0.05) is 51.7 Å². The van der Waals surface area contributed by atoms with Gasteiger partial charge in [-0.15, -0.1) is 0 Å². The Labute approximate surface area is 112 Å². The molecule has 0 saturated carbocycles. The second-order valence-corrected chi connectivity index (χ2v) is 5.28. The van der Waals surface area contributed by atoms with Crippen LogP contribution in [0.3, 0.4) is 0 Å². The minimum absolute atomic E-state index is 0.538. The summed E-state index contributed by atoms with van der Waals surface area (Å²) in [5.74, 6) is 0.538. The summed E-state index contributed by atoms with van der Waals surface area (Å²) in [6.07, 6.45) is 9.64. The quantitative estimate of drug-likeness (QED) is 0.629. The van der Waals surface area contributed by atoms with Crippen LogP contribution in [0.4, 0.5) is 0 Å². The van der Waals surface area contributed by atoms with Gasteiger partial charge in [0.2, 0.25) is 0 Å². The van der Waals surface area contributed by atoms with Crippen molar-refractivity contribution in [3.8, 4) is 5.75 Å². The molecule has 0 radical (unpaired) electrons. The van der Waals surface area contributed by atoms with Crippen molar-refractivity contribution in [2.45, 2.75) is 72.1 Å². The van der Waals surface area contributed by atoms with Crippen LogP contribution < -0.4 is 0 Å². The first-order valence-corrected chi connectivity index (χ1v) is 7.51. The second kappa shape index (κ2) is 8.18. The van der Waals surface area contributed by atoms with Crippen molar-refractivity contribution in [3.05, 3.63) is 28.8 Å². The van der Waals surface area contributed by atoms with Gasteiger partial charge in [0.05, 0.1) is 0 Å². The standard InChI is InChI=1S/C17H28O/c1-4-6-8-9-10-15-13-12-14(3)17(18)16(15)11-7-5-2/h12-13,18H,4-11H2,1-3H3. The van der Waals surface area contributed by atoms with E-state index in [4.69, 9.17) is 0 Å². The first-order valence-electron chi connectivity index (χ1n) is 7.51. The molecule has 102 valence electrons. The number of phenolic OH excluding ortho intramolecular Hbond substituents is 1. The number of hydrogen-bond acceptors (Lipinski definition) is 1. The minimum atomic E-state index is 0.538. The average molecular weight is 248 g/mol. The lowest BCUT2D eigenvalue weighted by Gasteiger charge is -2.13. The van der Waals surface area contributed by atoms with Gasteiger partial charge in [0.1, 0.15) is 5.75 Å². The van der Waals surface area contributed by atoms with Crippen LogP contribution in [0.5, 0.6) is 5.75 Å². The molecule has 0 atom stereocenters. The molecule has 0 bridgehead atoms. The first-order chi connectivity index (χ1) is 8.70. The molecule has 1 N–H and O–H groups in total. The van der Waals surface area contributed by atoms with Crippen molar-refractivity contribution in [2.75, 3.05) is 0 Å². The molecule has 0 aliphatic carbocycles. The summed E-state index contributed by atoms with van der Waals surface area (Å²) in [7, 11) is 0. The largest absolute Gasteiger partial charge is 0.507 e. The van der Waals surface area contributed by atoms with Crippen LogP contribution in [0.15, 0.2) is 12.1 Å². The van der Waals surface area contributed by atoms with Gasteiger partial charge in [0, 0.05) is 0 Å². The van der Waals surface area contributed by atoms with Gasteiger partial charge in [-0.25, -0.2) is 0 Å². The number of aromatic hydroxyl groups is 1. The zero-order chi connectivity index (χ0) is 13.4. The summed E-state index contributed by atoms with van der Waals surface area (Å²) in [5.41, 5.74) is 3.58. The highest BCUT2D eigenvalue weighted by molar-refractivity contribution is 5.45. The predicted molar refractivity (Wildman–Crippen MR) is 79.3 cm³/mol. The fourth-order valence-electron chi connectivity index (χ4n) is 2.40. The van der Waals surface area contributed by atoms with Gasteiger partial charge in [-0.3, -0.25) is 0 Å². The van der Waals surface area contributed by atoms with Gasteiger partial charge in [0.25, 0.3) is 0 Å². The first kappa shape index (κ1) is 15.1. The zero-order valence-electron chi connectivity index (χ0n) is 12.3. The van der Waals surface area contributed by atoms with E-state index >= 15 is 0 Å². The molecule has 0 spiro atoms. The molecule has 0 unspecified atom stereocenters. The number of unbranched alkanes of at least 4 members (excludes halogenated alkanes) is 4. The summed E-state index contributed by atoms with van der Waals surface area (Å²) in [4.78, 5) is 0. The molecule has 1 aromatic carbocycles. The fourth-order valence-corrected chi connectivity index (χ4v) is 2.40. The van der Waals surface area contributed by atoms with E-state index in [2.05, 4.69) is 26.0 Å². The third kappa shape index (κ3) is 4.36. The van der Waals surface area contributed by atoms with E-state index in [1.165, 1.54) is 49.7 Å². The van der Waals surface area contributed by atoms with Crippen LogP contribution >= 0.6 is 0 Å². The van der Waals surface area contributed by atoms with Crippen molar-refractivity contribution in [1.29, 1.82) is 0 Å². The number of rotatable bonds is 8. The maximum Gasteiger partial charge on any atom is 0.121 e. The molecule has 0 fully saturated rings. The Morgan fingerprint density at radius 2 is 1.61 bits per heavy atom. The SMILES string of the molecule is CCCCCCc1ccc(C)c(O)c1CCCC. The molecule has 0 heterocycles. The number of aryl methyl sites for hydroxylation is 2. The number of phenols is 1. The lowest BCUT2D eigenvalue weighted by molar-refractivity contribution is 0.461. The Hall–Kier alpha value is -0.980. The van der Waals surface area contributed by atoms with Gasteiger partial charge in [0.15, 0.2) is 0 Å². The Balaban J connectivity index is 2.72. The van der Waals surface area contributed by atoms with E-state index in [1.54, 1.807) is 0 Å². The minimum Gasteiger partial charge on any atom is -0.507 e. The van der Waals surface area contributed by atoms with Crippen LogP contribution in [0, 0.1) is 6.92 Å². The third-order valence-corrected chi connectivity index (χ3v) is 3.66. The maximum absolute atomic E-state index is 10.2. The number of hydrogen-bond donors (Lipinski definition) is 1. The topological polar surface area (TPSA) is 20.2 Å². The van der Waals surface area contributed by atoms with E-state index < -0.39 is 0 Å². The smallest absolute Gasteiger partial charge is 0.121 e. The summed E-state index contributed by atoms with van der Waals surface area (Å²) < 4.78 is 0. The lowest BCUT2D eigenvalue weighted by atomic mass is 9.94. The highest BCUT2D eigenvalue weighted by Crippen LogP contribution is 2.28. The number of benzene rings is 1. The van der Waals surface area contributed by atoms with E-state index in [-0.39, 0.29) is 0 Å². The van der Waals surface area contributed by atoms with Crippen molar-refractivity contribution in [1.82, 2.24) is 0 Å². The Morgan fingerprint density at radius 1 is 0.889 bits per heavy atom. The highest BCUT2D eigenvalue weighted by Gasteiger charge is 2.09. The summed E-state index contributed by atoms with van der Waals surface area (Å²) in [5, 5.41) is 10.2. The molecule has 0 saturated heterocycles. The van der Waals surface area contributed by atoms with Crippen molar-refractivity contribution in [2.24, 2.45) is 0 Å².